The van der Waals surface area contributed by atoms with Gasteiger partial charge in [0, 0.05) is 66.6 Å². The van der Waals surface area contributed by atoms with E-state index >= 15 is 0 Å². The summed E-state index contributed by atoms with van der Waals surface area (Å²) in [6, 6.07) is 0. The number of carbonyl (C=O) groups is 1. The van der Waals surface area contributed by atoms with E-state index in [-0.39, 0.29) is 16.9 Å². The van der Waals surface area contributed by atoms with Crippen molar-refractivity contribution >= 4 is 23.4 Å². The molecule has 2 atom stereocenters. The van der Waals surface area contributed by atoms with Crippen molar-refractivity contribution in [3.8, 4) is 0 Å². The zero-order valence-corrected chi connectivity index (χ0v) is 19.8. The lowest BCUT2D eigenvalue weighted by molar-refractivity contribution is -0.119. The first kappa shape index (κ1) is 25.9. The van der Waals surface area contributed by atoms with E-state index in [2.05, 4.69) is 13.8 Å². The minimum Gasteiger partial charge on any atom is -0.377 e. The molecule has 156 valence electrons. The molecule has 0 radical (unpaired) electrons. The van der Waals surface area contributed by atoms with Crippen molar-refractivity contribution < 1.29 is 31.4 Å². The molecule has 0 fully saturated rings. The van der Waals surface area contributed by atoms with E-state index in [1.165, 1.54) is 0 Å². The highest BCUT2D eigenvalue weighted by Gasteiger charge is 2.45. The number of rotatable bonds is 16. The molecule has 0 heterocycles. The second-order valence-corrected chi connectivity index (χ2v) is 13.4. The van der Waals surface area contributed by atoms with E-state index in [1.54, 1.807) is 42.7 Å². The van der Waals surface area contributed by atoms with E-state index in [4.69, 9.17) is 26.6 Å². The lowest BCUT2D eigenvalue weighted by Gasteiger charge is -2.30. The summed E-state index contributed by atoms with van der Waals surface area (Å²) < 4.78 is 32.9. The van der Waals surface area contributed by atoms with Crippen LogP contribution in [0, 0.1) is 0 Å². The Morgan fingerprint density at radius 2 is 0.923 bits per heavy atom. The van der Waals surface area contributed by atoms with Crippen LogP contribution in [0.5, 0.6) is 0 Å². The lowest BCUT2D eigenvalue weighted by Crippen LogP contribution is -2.46. The fourth-order valence-corrected chi connectivity index (χ4v) is 7.93. The van der Waals surface area contributed by atoms with Crippen molar-refractivity contribution in [3.63, 3.8) is 0 Å². The first-order chi connectivity index (χ1) is 12.3. The van der Waals surface area contributed by atoms with Gasteiger partial charge in [0.15, 0.2) is 0 Å². The maximum atomic E-state index is 12.2. The minimum absolute atomic E-state index is 0.159. The fourth-order valence-electron chi connectivity index (χ4n) is 3.40. The lowest BCUT2D eigenvalue weighted by atomic mass is 10.1. The molecule has 0 aliphatic rings. The highest BCUT2D eigenvalue weighted by molar-refractivity contribution is 6.62. The van der Waals surface area contributed by atoms with Crippen LogP contribution in [0.4, 0.5) is 0 Å². The zero-order valence-electron chi connectivity index (χ0n) is 17.8. The summed E-state index contributed by atoms with van der Waals surface area (Å²) in [5, 5.41) is 0. The topological polar surface area (TPSA) is 72.5 Å². The van der Waals surface area contributed by atoms with Gasteiger partial charge in [-0.05, 0) is 25.7 Å². The molecule has 0 saturated carbocycles. The molecule has 0 aromatic rings. The minimum atomic E-state index is -2.62. The molecule has 0 aromatic carbocycles. The molecular formula is C17H38O7Si2. The Balaban J connectivity index is 4.22. The third kappa shape index (κ3) is 7.12. The Hall–Kier alpha value is -0.136. The Bertz CT molecular complexity index is 337. The molecule has 0 spiro atoms. The van der Waals surface area contributed by atoms with Gasteiger partial charge in [0.25, 0.3) is 0 Å². The molecule has 0 saturated heterocycles. The number of carbonyl (C=O) groups excluding carboxylic acids is 1. The van der Waals surface area contributed by atoms with Gasteiger partial charge in [-0.25, -0.2) is 0 Å². The van der Waals surface area contributed by atoms with Gasteiger partial charge in [0.2, 0.25) is 0 Å². The van der Waals surface area contributed by atoms with E-state index in [0.29, 0.717) is 12.8 Å². The highest BCUT2D eigenvalue weighted by Crippen LogP contribution is 2.30. The fraction of sp³-hybridized carbons (Fsp3) is 0.941. The van der Waals surface area contributed by atoms with Crippen molar-refractivity contribution in [3.05, 3.63) is 0 Å². The molecule has 2 unspecified atom stereocenters. The predicted octanol–water partition coefficient (Wildman–Crippen LogP) is 3.43. The van der Waals surface area contributed by atoms with Crippen LogP contribution in [-0.2, 0) is 31.4 Å². The van der Waals surface area contributed by atoms with Crippen molar-refractivity contribution in [1.29, 1.82) is 0 Å². The molecule has 0 rings (SSSR count). The molecule has 0 aliphatic heterocycles. The maximum absolute atomic E-state index is 12.2. The zero-order chi connectivity index (χ0) is 20.2. The van der Waals surface area contributed by atoms with E-state index in [0.717, 1.165) is 25.7 Å². The first-order valence-corrected chi connectivity index (χ1v) is 12.7. The van der Waals surface area contributed by atoms with Crippen LogP contribution >= 0.6 is 0 Å². The van der Waals surface area contributed by atoms with E-state index in [1.807, 2.05) is 0 Å². The monoisotopic (exact) mass is 410 g/mol. The van der Waals surface area contributed by atoms with Gasteiger partial charge >= 0.3 is 17.6 Å². The van der Waals surface area contributed by atoms with Gasteiger partial charge < -0.3 is 26.6 Å². The van der Waals surface area contributed by atoms with Gasteiger partial charge in [-0.3, -0.25) is 4.79 Å². The maximum Gasteiger partial charge on any atom is 0.503 e. The number of ketones is 1. The van der Waals surface area contributed by atoms with Gasteiger partial charge in [0.05, 0.1) is 0 Å². The molecule has 0 bridgehead atoms. The number of Topliss-reactive ketones (excluding diaryl/α,β-unsaturated/α-hetero) is 1. The summed E-state index contributed by atoms with van der Waals surface area (Å²) in [6.07, 6.45) is 4.46. The third-order valence-electron chi connectivity index (χ3n) is 5.10. The van der Waals surface area contributed by atoms with Crippen LogP contribution in [0.2, 0.25) is 11.1 Å². The Kier molecular flexibility index (Phi) is 13.0. The SMILES string of the molecule is CO[Si](OC)(OC)C(C)CCCC(=O)CCCC(C)[Si](OC)(OC)OC. The molecule has 26 heavy (non-hydrogen) atoms. The average molecular weight is 411 g/mol. The number of hydrogen-bond acceptors (Lipinski definition) is 7. The molecule has 7 nitrogen and oxygen atoms in total. The predicted molar refractivity (Wildman–Crippen MR) is 105 cm³/mol. The molecule has 0 amide bonds. The van der Waals surface area contributed by atoms with Crippen LogP contribution in [0.25, 0.3) is 0 Å². The Morgan fingerprint density at radius 1 is 0.654 bits per heavy atom. The van der Waals surface area contributed by atoms with Crippen LogP contribution < -0.4 is 0 Å². The second kappa shape index (κ2) is 13.1. The Labute approximate surface area is 161 Å². The van der Waals surface area contributed by atoms with Gasteiger partial charge in [-0.15, -0.1) is 0 Å². The van der Waals surface area contributed by atoms with Crippen molar-refractivity contribution in [2.45, 2.75) is 63.5 Å². The Morgan fingerprint density at radius 3 is 1.15 bits per heavy atom. The summed E-state index contributed by atoms with van der Waals surface area (Å²) >= 11 is 0. The standard InChI is InChI=1S/C17H38O7Si2/c1-15(25(19-3,20-4)21-5)11-9-13-17(18)14-10-12-16(2)26(22-6,23-7)24-8/h15-16H,9-14H2,1-8H3. The smallest absolute Gasteiger partial charge is 0.377 e. The summed E-state index contributed by atoms with van der Waals surface area (Å²) in [6.45, 7) is 4.11. The normalized spacial score (nSPS) is 15.1. The van der Waals surface area contributed by atoms with E-state index < -0.39 is 17.6 Å². The van der Waals surface area contributed by atoms with Gasteiger partial charge in [0.1, 0.15) is 5.78 Å². The van der Waals surface area contributed by atoms with Crippen molar-refractivity contribution in [1.82, 2.24) is 0 Å². The first-order valence-electron chi connectivity index (χ1n) is 9.13. The van der Waals surface area contributed by atoms with Crippen LogP contribution in [0.3, 0.4) is 0 Å². The summed E-state index contributed by atoms with van der Waals surface area (Å²) in [7, 11) is 4.47. The summed E-state index contributed by atoms with van der Waals surface area (Å²) in [5.74, 6) is 0.281. The molecule has 0 aliphatic carbocycles. The van der Waals surface area contributed by atoms with Crippen molar-refractivity contribution in [2.24, 2.45) is 0 Å². The third-order valence-corrected chi connectivity index (χ3v) is 11.5. The largest absolute Gasteiger partial charge is 0.503 e. The van der Waals surface area contributed by atoms with Gasteiger partial charge in [-0.2, -0.15) is 0 Å². The quantitative estimate of drug-likeness (QED) is 0.361. The molecule has 0 N–H and O–H groups in total. The van der Waals surface area contributed by atoms with Crippen molar-refractivity contribution in [2.75, 3.05) is 42.7 Å². The highest BCUT2D eigenvalue weighted by atomic mass is 28.4. The molecule has 9 heteroatoms. The second-order valence-electron chi connectivity index (χ2n) is 6.56. The number of hydrogen-bond donors (Lipinski definition) is 0. The molecular weight excluding hydrogens is 372 g/mol. The molecule has 0 aromatic heterocycles. The van der Waals surface area contributed by atoms with Crippen LogP contribution in [0.15, 0.2) is 0 Å². The van der Waals surface area contributed by atoms with Gasteiger partial charge in [-0.1, -0.05) is 13.8 Å². The van der Waals surface area contributed by atoms with E-state index in [9.17, 15) is 4.79 Å². The summed E-state index contributed by atoms with van der Waals surface area (Å²) in [4.78, 5) is 12.2. The van der Waals surface area contributed by atoms with Crippen LogP contribution in [0.1, 0.15) is 52.4 Å². The average Bonchev–Trinajstić information content (AvgIpc) is 2.65. The summed E-state index contributed by atoms with van der Waals surface area (Å²) in [5.41, 5.74) is 0.319. The van der Waals surface area contributed by atoms with Crippen LogP contribution in [-0.4, -0.2) is 66.1 Å².